The van der Waals surface area contributed by atoms with E-state index in [-0.39, 0.29) is 6.10 Å². The van der Waals surface area contributed by atoms with Crippen LogP contribution in [-0.4, -0.2) is 24.6 Å². The number of ether oxygens (including phenoxy) is 2. The SMILES string of the molecule is CCCCCCCCCCOC(=O)c1ccccc1C(=O)OC(C)CCCCCC. The maximum Gasteiger partial charge on any atom is 0.339 e. The first-order valence-electron chi connectivity index (χ1n) is 12.1. The van der Waals surface area contributed by atoms with Crippen molar-refractivity contribution in [3.05, 3.63) is 35.4 Å². The first kappa shape index (κ1) is 26.2. The highest BCUT2D eigenvalue weighted by Gasteiger charge is 2.20. The Labute approximate surface area is 183 Å². The highest BCUT2D eigenvalue weighted by atomic mass is 16.5. The van der Waals surface area contributed by atoms with Crippen molar-refractivity contribution in [3.63, 3.8) is 0 Å². The zero-order chi connectivity index (χ0) is 22.0. The van der Waals surface area contributed by atoms with E-state index in [1.54, 1.807) is 24.3 Å². The van der Waals surface area contributed by atoms with Crippen LogP contribution < -0.4 is 0 Å². The van der Waals surface area contributed by atoms with Crippen molar-refractivity contribution in [2.75, 3.05) is 6.61 Å². The highest BCUT2D eigenvalue weighted by Crippen LogP contribution is 2.16. The first-order valence-corrected chi connectivity index (χ1v) is 12.1. The van der Waals surface area contributed by atoms with Gasteiger partial charge in [0.2, 0.25) is 0 Å². The number of carbonyl (C=O) groups is 2. The highest BCUT2D eigenvalue weighted by molar-refractivity contribution is 6.03. The first-order chi connectivity index (χ1) is 14.6. The average molecular weight is 419 g/mol. The average Bonchev–Trinajstić information content (AvgIpc) is 2.75. The van der Waals surface area contributed by atoms with Crippen molar-refractivity contribution < 1.29 is 19.1 Å². The summed E-state index contributed by atoms with van der Waals surface area (Å²) >= 11 is 0. The van der Waals surface area contributed by atoms with E-state index in [1.165, 1.54) is 51.4 Å². The summed E-state index contributed by atoms with van der Waals surface area (Å²) < 4.78 is 11.0. The molecule has 1 aromatic rings. The molecule has 1 rings (SSSR count). The van der Waals surface area contributed by atoms with E-state index in [0.717, 1.165) is 32.1 Å². The summed E-state index contributed by atoms with van der Waals surface area (Å²) in [7, 11) is 0. The van der Waals surface area contributed by atoms with Crippen molar-refractivity contribution in [1.82, 2.24) is 0 Å². The third-order valence-corrected chi connectivity index (χ3v) is 5.37. The molecule has 1 atom stereocenters. The topological polar surface area (TPSA) is 52.6 Å². The molecule has 0 radical (unpaired) electrons. The number of hydrogen-bond acceptors (Lipinski definition) is 4. The quantitative estimate of drug-likeness (QED) is 0.194. The second-order valence-corrected chi connectivity index (χ2v) is 8.22. The molecule has 0 spiro atoms. The van der Waals surface area contributed by atoms with Crippen LogP contribution >= 0.6 is 0 Å². The van der Waals surface area contributed by atoms with Gasteiger partial charge in [-0.1, -0.05) is 90.2 Å². The maximum absolute atomic E-state index is 12.6. The Morgan fingerprint density at radius 3 is 1.83 bits per heavy atom. The fraction of sp³-hybridized carbons (Fsp3) is 0.692. The summed E-state index contributed by atoms with van der Waals surface area (Å²) in [5.74, 6) is -0.890. The second kappa shape index (κ2) is 16.9. The van der Waals surface area contributed by atoms with Crippen LogP contribution in [0.4, 0.5) is 0 Å². The summed E-state index contributed by atoms with van der Waals surface area (Å²) in [6.07, 6.45) is 14.8. The monoisotopic (exact) mass is 418 g/mol. The molecule has 0 saturated heterocycles. The van der Waals surface area contributed by atoms with Gasteiger partial charge in [0.05, 0.1) is 23.8 Å². The van der Waals surface area contributed by atoms with E-state index in [4.69, 9.17) is 9.47 Å². The molecule has 1 aromatic carbocycles. The fourth-order valence-electron chi connectivity index (χ4n) is 3.48. The minimum atomic E-state index is -0.447. The van der Waals surface area contributed by atoms with E-state index in [1.807, 2.05) is 6.92 Å². The standard InChI is InChI=1S/C26H42O4/c1-4-6-8-10-11-12-13-17-21-29-25(27)23-19-15-16-20-24(23)26(28)30-22(3)18-14-9-7-5-2/h15-16,19-20,22H,4-14,17-18,21H2,1-3H3. The van der Waals surface area contributed by atoms with Gasteiger partial charge in [0.15, 0.2) is 0 Å². The summed E-state index contributed by atoms with van der Waals surface area (Å²) in [5.41, 5.74) is 0.582. The lowest BCUT2D eigenvalue weighted by Gasteiger charge is -2.15. The Balaban J connectivity index is 2.38. The lowest BCUT2D eigenvalue weighted by atomic mass is 10.1. The largest absolute Gasteiger partial charge is 0.462 e. The third kappa shape index (κ3) is 11.4. The van der Waals surface area contributed by atoms with Crippen LogP contribution in [0.5, 0.6) is 0 Å². The van der Waals surface area contributed by atoms with Gasteiger partial charge in [0, 0.05) is 0 Å². The minimum absolute atomic E-state index is 0.157. The number of carbonyl (C=O) groups excluding carboxylic acids is 2. The second-order valence-electron chi connectivity index (χ2n) is 8.22. The Kier molecular flexibility index (Phi) is 14.8. The normalized spacial score (nSPS) is 11.8. The zero-order valence-corrected chi connectivity index (χ0v) is 19.4. The van der Waals surface area contributed by atoms with Gasteiger partial charge in [-0.2, -0.15) is 0 Å². The van der Waals surface area contributed by atoms with E-state index in [9.17, 15) is 9.59 Å². The number of rotatable bonds is 17. The third-order valence-electron chi connectivity index (χ3n) is 5.37. The van der Waals surface area contributed by atoms with Crippen LogP contribution in [0.2, 0.25) is 0 Å². The Morgan fingerprint density at radius 1 is 0.733 bits per heavy atom. The number of unbranched alkanes of at least 4 members (excludes halogenated alkanes) is 10. The molecule has 30 heavy (non-hydrogen) atoms. The van der Waals surface area contributed by atoms with Crippen molar-refractivity contribution >= 4 is 11.9 Å². The minimum Gasteiger partial charge on any atom is -0.462 e. The number of esters is 2. The van der Waals surface area contributed by atoms with Crippen LogP contribution in [-0.2, 0) is 9.47 Å². The molecule has 0 aliphatic rings. The molecule has 0 N–H and O–H groups in total. The zero-order valence-electron chi connectivity index (χ0n) is 19.4. The number of hydrogen-bond donors (Lipinski definition) is 0. The van der Waals surface area contributed by atoms with Crippen LogP contribution in [0, 0.1) is 0 Å². The molecule has 0 aliphatic heterocycles. The molecular weight excluding hydrogens is 376 g/mol. The smallest absolute Gasteiger partial charge is 0.339 e. The lowest BCUT2D eigenvalue weighted by molar-refractivity contribution is 0.0307. The van der Waals surface area contributed by atoms with Gasteiger partial charge in [-0.3, -0.25) is 0 Å². The summed E-state index contributed by atoms with van der Waals surface area (Å²) in [4.78, 5) is 25.0. The molecule has 0 fully saturated rings. The summed E-state index contributed by atoms with van der Waals surface area (Å²) in [6.45, 7) is 6.70. The van der Waals surface area contributed by atoms with Crippen molar-refractivity contribution in [3.8, 4) is 0 Å². The van der Waals surface area contributed by atoms with Crippen molar-refractivity contribution in [2.24, 2.45) is 0 Å². The molecule has 170 valence electrons. The summed E-state index contributed by atoms with van der Waals surface area (Å²) in [5, 5.41) is 0. The number of benzene rings is 1. The van der Waals surface area contributed by atoms with Crippen LogP contribution in [0.15, 0.2) is 24.3 Å². The van der Waals surface area contributed by atoms with E-state index >= 15 is 0 Å². The molecule has 0 bridgehead atoms. The lowest BCUT2D eigenvalue weighted by Crippen LogP contribution is -2.19. The van der Waals surface area contributed by atoms with Crippen LogP contribution in [0.3, 0.4) is 0 Å². The van der Waals surface area contributed by atoms with Crippen LogP contribution in [0.25, 0.3) is 0 Å². The predicted molar refractivity (Wildman–Crippen MR) is 123 cm³/mol. The fourth-order valence-corrected chi connectivity index (χ4v) is 3.48. The van der Waals surface area contributed by atoms with Crippen molar-refractivity contribution in [2.45, 2.75) is 110 Å². The van der Waals surface area contributed by atoms with E-state index < -0.39 is 11.9 Å². The van der Waals surface area contributed by atoms with Gasteiger partial charge < -0.3 is 9.47 Å². The van der Waals surface area contributed by atoms with Gasteiger partial charge in [-0.25, -0.2) is 9.59 Å². The molecule has 0 amide bonds. The van der Waals surface area contributed by atoms with Crippen molar-refractivity contribution in [1.29, 1.82) is 0 Å². The Morgan fingerprint density at radius 2 is 1.23 bits per heavy atom. The molecule has 1 unspecified atom stereocenters. The molecule has 4 nitrogen and oxygen atoms in total. The molecule has 0 heterocycles. The molecule has 0 aromatic heterocycles. The van der Waals surface area contributed by atoms with Gasteiger partial charge in [0.25, 0.3) is 0 Å². The van der Waals surface area contributed by atoms with Crippen LogP contribution in [0.1, 0.15) is 125 Å². The molecule has 0 aliphatic carbocycles. The molecule has 0 saturated carbocycles. The van der Waals surface area contributed by atoms with Gasteiger partial charge in [-0.05, 0) is 38.3 Å². The van der Waals surface area contributed by atoms with Gasteiger partial charge >= 0.3 is 11.9 Å². The van der Waals surface area contributed by atoms with Gasteiger partial charge in [0.1, 0.15) is 0 Å². The Bertz CT molecular complexity index is 596. The maximum atomic E-state index is 12.6. The van der Waals surface area contributed by atoms with E-state index in [0.29, 0.717) is 17.7 Å². The summed E-state index contributed by atoms with van der Waals surface area (Å²) in [6, 6.07) is 6.77. The molecule has 4 heteroatoms. The van der Waals surface area contributed by atoms with Gasteiger partial charge in [-0.15, -0.1) is 0 Å². The molecular formula is C26H42O4. The predicted octanol–water partition coefficient (Wildman–Crippen LogP) is 7.50. The Hall–Kier alpha value is -1.84. The van der Waals surface area contributed by atoms with E-state index in [2.05, 4.69) is 13.8 Å².